The van der Waals surface area contributed by atoms with Gasteiger partial charge in [0.2, 0.25) is 0 Å². The summed E-state index contributed by atoms with van der Waals surface area (Å²) in [6.45, 7) is 1.15. The summed E-state index contributed by atoms with van der Waals surface area (Å²) in [5.41, 5.74) is 1.29. The maximum absolute atomic E-state index is 3.39. The Hall–Kier alpha value is -0.280. The van der Waals surface area contributed by atoms with E-state index in [-0.39, 0.29) is 0 Å². The predicted molar refractivity (Wildman–Crippen MR) is 43.9 cm³/mol. The molecule has 10 heavy (non-hydrogen) atoms. The lowest BCUT2D eigenvalue weighted by Gasteiger charge is -2.26. The van der Waals surface area contributed by atoms with Crippen LogP contribution in [0.25, 0.3) is 0 Å². The van der Waals surface area contributed by atoms with Crippen LogP contribution < -0.4 is 5.32 Å². The Bertz CT molecular complexity index is 227. The van der Waals surface area contributed by atoms with Crippen molar-refractivity contribution in [3.8, 4) is 0 Å². The molecule has 1 fully saturated rings. The lowest BCUT2D eigenvalue weighted by Crippen LogP contribution is -2.35. The molecule has 2 rings (SSSR count). The maximum Gasteiger partial charge on any atom is 0.0485 e. The summed E-state index contributed by atoms with van der Waals surface area (Å²) in [5, 5.41) is 3.32. The molecule has 2 N–H and O–H groups in total. The molecule has 0 radical (unpaired) electrons. The second-order valence-electron chi connectivity index (χ2n) is 2.57. The van der Waals surface area contributed by atoms with Gasteiger partial charge in [-0.25, -0.2) is 0 Å². The van der Waals surface area contributed by atoms with Crippen molar-refractivity contribution >= 4 is 15.9 Å². The molecule has 0 bridgehead atoms. The third-order valence-corrected chi connectivity index (χ3v) is 2.33. The van der Waals surface area contributed by atoms with Crippen LogP contribution in [0.2, 0.25) is 0 Å². The van der Waals surface area contributed by atoms with E-state index in [0.29, 0.717) is 6.04 Å². The van der Waals surface area contributed by atoms with Gasteiger partial charge in [0.05, 0.1) is 0 Å². The van der Waals surface area contributed by atoms with Crippen LogP contribution in [-0.2, 0) is 0 Å². The van der Waals surface area contributed by atoms with E-state index in [1.807, 2.05) is 6.20 Å². The molecule has 0 amide bonds. The molecule has 2 nitrogen and oxygen atoms in total. The summed E-state index contributed by atoms with van der Waals surface area (Å²) < 4.78 is 1.14. The molecule has 3 heteroatoms. The molecule has 0 aliphatic carbocycles. The smallest absolute Gasteiger partial charge is 0.0485 e. The number of aromatic nitrogens is 1. The molecule has 0 aromatic carbocycles. The average Bonchev–Trinajstić information content (AvgIpc) is 2.10. The van der Waals surface area contributed by atoms with Crippen molar-refractivity contribution in [1.29, 1.82) is 0 Å². The molecule has 1 aliphatic rings. The minimum atomic E-state index is 0.575. The zero-order chi connectivity index (χ0) is 6.97. The summed E-state index contributed by atoms with van der Waals surface area (Å²) in [5.74, 6) is 0. The van der Waals surface area contributed by atoms with Gasteiger partial charge in [-0.05, 0) is 35.0 Å². The highest BCUT2D eigenvalue weighted by Crippen LogP contribution is 2.23. The lowest BCUT2D eigenvalue weighted by molar-refractivity contribution is 0.376. The number of hydrogen-bond acceptors (Lipinski definition) is 1. The molecular formula is C7H9BrN2. The van der Waals surface area contributed by atoms with Gasteiger partial charge in [-0.15, -0.1) is 0 Å². The van der Waals surface area contributed by atoms with Crippen molar-refractivity contribution in [3.63, 3.8) is 0 Å². The Morgan fingerprint density at radius 2 is 2.40 bits per heavy atom. The van der Waals surface area contributed by atoms with Gasteiger partial charge < -0.3 is 10.3 Å². The number of nitrogens with one attached hydrogen (secondary N) is 2. The van der Waals surface area contributed by atoms with E-state index in [9.17, 15) is 0 Å². The Morgan fingerprint density at radius 1 is 1.60 bits per heavy atom. The van der Waals surface area contributed by atoms with Crippen LogP contribution in [0.5, 0.6) is 0 Å². The number of hydrogen-bond donors (Lipinski definition) is 2. The van der Waals surface area contributed by atoms with E-state index in [1.54, 1.807) is 0 Å². The van der Waals surface area contributed by atoms with Gasteiger partial charge >= 0.3 is 0 Å². The van der Waals surface area contributed by atoms with E-state index in [2.05, 4.69) is 32.3 Å². The van der Waals surface area contributed by atoms with E-state index in [4.69, 9.17) is 0 Å². The Kier molecular flexibility index (Phi) is 1.54. The molecule has 1 saturated heterocycles. The van der Waals surface area contributed by atoms with Crippen LogP contribution in [0.15, 0.2) is 16.7 Å². The fourth-order valence-electron chi connectivity index (χ4n) is 1.14. The van der Waals surface area contributed by atoms with Gasteiger partial charge in [0.15, 0.2) is 0 Å². The molecule has 1 atom stereocenters. The van der Waals surface area contributed by atoms with Crippen LogP contribution in [-0.4, -0.2) is 11.5 Å². The monoisotopic (exact) mass is 200 g/mol. The van der Waals surface area contributed by atoms with Gasteiger partial charge in [0.1, 0.15) is 0 Å². The molecule has 1 aromatic heterocycles. The summed E-state index contributed by atoms with van der Waals surface area (Å²) in [6, 6.07) is 2.70. The highest BCUT2D eigenvalue weighted by atomic mass is 79.9. The molecular weight excluding hydrogens is 192 g/mol. The molecule has 1 aromatic rings. The number of H-pyrrole nitrogens is 1. The largest absolute Gasteiger partial charge is 0.363 e. The number of rotatable bonds is 1. The maximum atomic E-state index is 3.39. The Balaban J connectivity index is 2.17. The first-order chi connectivity index (χ1) is 4.86. The van der Waals surface area contributed by atoms with Gasteiger partial charge in [-0.2, -0.15) is 0 Å². The normalized spacial score (nSPS) is 24.3. The zero-order valence-electron chi connectivity index (χ0n) is 5.52. The molecule has 0 spiro atoms. The number of halogens is 1. The summed E-state index contributed by atoms with van der Waals surface area (Å²) in [6.07, 6.45) is 3.22. The van der Waals surface area contributed by atoms with Crippen LogP contribution in [0.3, 0.4) is 0 Å². The third-order valence-electron chi connectivity index (χ3n) is 1.87. The second-order valence-corrected chi connectivity index (χ2v) is 3.48. The lowest BCUT2D eigenvalue weighted by atomic mass is 10.0. The minimum absolute atomic E-state index is 0.575. The van der Waals surface area contributed by atoms with Crippen LogP contribution in [0.4, 0.5) is 0 Å². The van der Waals surface area contributed by atoms with Crippen LogP contribution in [0.1, 0.15) is 18.2 Å². The minimum Gasteiger partial charge on any atom is -0.363 e. The molecule has 1 aliphatic heterocycles. The van der Waals surface area contributed by atoms with Crippen molar-refractivity contribution in [2.45, 2.75) is 12.5 Å². The van der Waals surface area contributed by atoms with Crippen molar-refractivity contribution in [1.82, 2.24) is 10.3 Å². The first-order valence-corrected chi connectivity index (χ1v) is 4.23. The fourth-order valence-corrected chi connectivity index (χ4v) is 1.50. The molecule has 1 unspecified atom stereocenters. The third kappa shape index (κ3) is 0.995. The van der Waals surface area contributed by atoms with Crippen molar-refractivity contribution in [2.75, 3.05) is 6.54 Å². The summed E-state index contributed by atoms with van der Waals surface area (Å²) >= 11 is 3.39. The van der Waals surface area contributed by atoms with Crippen LogP contribution >= 0.6 is 15.9 Å². The topological polar surface area (TPSA) is 27.8 Å². The van der Waals surface area contributed by atoms with Gasteiger partial charge in [0, 0.05) is 22.4 Å². The summed E-state index contributed by atoms with van der Waals surface area (Å²) in [7, 11) is 0. The highest BCUT2D eigenvalue weighted by Gasteiger charge is 2.19. The zero-order valence-corrected chi connectivity index (χ0v) is 7.11. The van der Waals surface area contributed by atoms with Gasteiger partial charge in [0.25, 0.3) is 0 Å². The number of aromatic amines is 1. The van der Waals surface area contributed by atoms with Crippen molar-refractivity contribution < 1.29 is 0 Å². The van der Waals surface area contributed by atoms with Gasteiger partial charge in [-0.1, -0.05) is 0 Å². The van der Waals surface area contributed by atoms with Gasteiger partial charge in [-0.3, -0.25) is 0 Å². The summed E-state index contributed by atoms with van der Waals surface area (Å²) in [4.78, 5) is 3.20. The van der Waals surface area contributed by atoms with Crippen LogP contribution in [0, 0.1) is 0 Å². The predicted octanol–water partition coefficient (Wildman–Crippen LogP) is 1.81. The average molecular weight is 201 g/mol. The molecule has 0 saturated carbocycles. The van der Waals surface area contributed by atoms with E-state index in [1.165, 1.54) is 12.1 Å². The quantitative estimate of drug-likeness (QED) is 0.712. The van der Waals surface area contributed by atoms with E-state index < -0.39 is 0 Å². The van der Waals surface area contributed by atoms with Crippen molar-refractivity contribution in [2.24, 2.45) is 0 Å². The molecule has 2 heterocycles. The SMILES string of the molecule is Brc1c[nH]c(C2CCN2)c1. The van der Waals surface area contributed by atoms with Crippen molar-refractivity contribution in [3.05, 3.63) is 22.4 Å². The second kappa shape index (κ2) is 2.40. The van der Waals surface area contributed by atoms with E-state index >= 15 is 0 Å². The highest BCUT2D eigenvalue weighted by molar-refractivity contribution is 9.10. The first kappa shape index (κ1) is 6.43. The Morgan fingerprint density at radius 3 is 2.80 bits per heavy atom. The fraction of sp³-hybridized carbons (Fsp3) is 0.429. The Labute approximate surface area is 68.1 Å². The molecule has 54 valence electrons. The standard InChI is InChI=1S/C7H9BrN2/c8-5-3-7(10-4-5)6-1-2-9-6/h3-4,6,9-10H,1-2H2. The van der Waals surface area contributed by atoms with E-state index in [0.717, 1.165) is 11.0 Å². The first-order valence-electron chi connectivity index (χ1n) is 3.43.